The summed E-state index contributed by atoms with van der Waals surface area (Å²) in [6, 6.07) is 15.3. The van der Waals surface area contributed by atoms with Crippen LogP contribution in [0.3, 0.4) is 0 Å². The van der Waals surface area contributed by atoms with Gasteiger partial charge in [-0.3, -0.25) is 14.9 Å². The summed E-state index contributed by atoms with van der Waals surface area (Å²) in [4.78, 5) is 26.7. The van der Waals surface area contributed by atoms with Crippen molar-refractivity contribution >= 4 is 56.6 Å². The average Bonchev–Trinajstić information content (AvgIpc) is 3.28. The van der Waals surface area contributed by atoms with Crippen molar-refractivity contribution in [2.75, 3.05) is 16.8 Å². The lowest BCUT2D eigenvalue weighted by Gasteiger charge is -2.16. The van der Waals surface area contributed by atoms with E-state index in [1.165, 1.54) is 11.3 Å². The van der Waals surface area contributed by atoms with E-state index < -0.39 is 0 Å². The van der Waals surface area contributed by atoms with Gasteiger partial charge in [0.15, 0.2) is 0 Å². The molecule has 2 amide bonds. The molecule has 1 aliphatic heterocycles. The van der Waals surface area contributed by atoms with Crippen molar-refractivity contribution in [2.45, 2.75) is 19.3 Å². The predicted molar refractivity (Wildman–Crippen MR) is 118 cm³/mol. The normalized spacial score (nSPS) is 16.4. The first-order chi connectivity index (χ1) is 13.5. The van der Waals surface area contributed by atoms with Crippen molar-refractivity contribution in [3.05, 3.63) is 68.2 Å². The van der Waals surface area contributed by atoms with Crippen molar-refractivity contribution < 1.29 is 9.59 Å². The number of nitrogens with zero attached hydrogens (tertiary/aromatic N) is 3. The second-order valence-corrected chi connectivity index (χ2v) is 8.80. The highest BCUT2D eigenvalue weighted by Gasteiger charge is 2.34. The van der Waals surface area contributed by atoms with Crippen LogP contribution in [0.5, 0.6) is 0 Å². The van der Waals surface area contributed by atoms with E-state index in [1.807, 2.05) is 49.4 Å². The molecule has 0 spiro atoms. The van der Waals surface area contributed by atoms with E-state index in [0.717, 1.165) is 19.8 Å². The molecule has 1 N–H and O–H groups in total. The van der Waals surface area contributed by atoms with E-state index in [4.69, 9.17) is 0 Å². The highest BCUT2D eigenvalue weighted by atomic mass is 127. The molecule has 6 nitrogen and oxygen atoms in total. The van der Waals surface area contributed by atoms with Crippen LogP contribution in [0.1, 0.15) is 33.3 Å². The first-order valence-electron chi connectivity index (χ1n) is 8.77. The van der Waals surface area contributed by atoms with Gasteiger partial charge in [-0.2, -0.15) is 0 Å². The van der Waals surface area contributed by atoms with Crippen LogP contribution in [0.2, 0.25) is 0 Å². The standard InChI is InChI=1S/C20H17IN4O2S/c1-12-5-4-6-14(9-12)25-11-13(10-17(25)26)19-23-24-20(28-19)22-18(27)15-7-2-3-8-16(15)21/h2-9,13H,10-11H2,1H3,(H,22,24,27). The Labute approximate surface area is 180 Å². The van der Waals surface area contributed by atoms with Gasteiger partial charge in [-0.25, -0.2) is 0 Å². The summed E-state index contributed by atoms with van der Waals surface area (Å²) < 4.78 is 0.873. The number of nitrogens with one attached hydrogen (secondary N) is 1. The highest BCUT2D eigenvalue weighted by molar-refractivity contribution is 14.1. The minimum atomic E-state index is -0.211. The minimum absolute atomic E-state index is 0.0203. The zero-order valence-electron chi connectivity index (χ0n) is 15.1. The number of aromatic nitrogens is 2. The van der Waals surface area contributed by atoms with Crippen LogP contribution in [0.4, 0.5) is 10.8 Å². The molecule has 0 aliphatic carbocycles. The smallest absolute Gasteiger partial charge is 0.258 e. The first-order valence-corrected chi connectivity index (χ1v) is 10.7. The molecule has 1 aliphatic rings. The van der Waals surface area contributed by atoms with E-state index in [1.54, 1.807) is 11.0 Å². The van der Waals surface area contributed by atoms with E-state index in [9.17, 15) is 9.59 Å². The summed E-state index contributed by atoms with van der Waals surface area (Å²) in [6.07, 6.45) is 0.396. The number of amides is 2. The van der Waals surface area contributed by atoms with Gasteiger partial charge >= 0.3 is 0 Å². The molecule has 8 heteroatoms. The van der Waals surface area contributed by atoms with Crippen LogP contribution < -0.4 is 10.2 Å². The second-order valence-electron chi connectivity index (χ2n) is 6.62. The molecule has 1 saturated heterocycles. The quantitative estimate of drug-likeness (QED) is 0.540. The molecule has 2 heterocycles. The zero-order valence-corrected chi connectivity index (χ0v) is 18.0. The molecular formula is C20H17IN4O2S. The monoisotopic (exact) mass is 504 g/mol. The largest absolute Gasteiger partial charge is 0.312 e. The van der Waals surface area contributed by atoms with Gasteiger partial charge in [0.25, 0.3) is 5.91 Å². The number of anilines is 2. The zero-order chi connectivity index (χ0) is 19.7. The number of carbonyl (C=O) groups excluding carboxylic acids is 2. The number of carbonyl (C=O) groups is 2. The summed E-state index contributed by atoms with van der Waals surface area (Å²) >= 11 is 3.46. The molecule has 1 fully saturated rings. The van der Waals surface area contributed by atoms with Crippen molar-refractivity contribution in [2.24, 2.45) is 0 Å². The third-order valence-electron chi connectivity index (χ3n) is 4.57. The van der Waals surface area contributed by atoms with Crippen molar-refractivity contribution in [3.63, 3.8) is 0 Å². The van der Waals surface area contributed by atoms with Gasteiger partial charge in [0, 0.05) is 28.1 Å². The maximum Gasteiger partial charge on any atom is 0.258 e. The average molecular weight is 504 g/mol. The lowest BCUT2D eigenvalue weighted by Crippen LogP contribution is -2.24. The molecule has 3 aromatic rings. The van der Waals surface area contributed by atoms with E-state index in [0.29, 0.717) is 23.7 Å². The molecule has 142 valence electrons. The fraction of sp³-hybridized carbons (Fsp3) is 0.200. The Kier molecular flexibility index (Phi) is 5.40. The second kappa shape index (κ2) is 7.96. The predicted octanol–water partition coefficient (Wildman–Crippen LogP) is 4.22. The summed E-state index contributed by atoms with van der Waals surface area (Å²) in [5.41, 5.74) is 2.62. The third kappa shape index (κ3) is 3.93. The van der Waals surface area contributed by atoms with Crippen LogP contribution in [-0.2, 0) is 4.79 Å². The molecule has 0 bridgehead atoms. The fourth-order valence-corrected chi connectivity index (χ4v) is 4.64. The minimum Gasteiger partial charge on any atom is -0.312 e. The van der Waals surface area contributed by atoms with Gasteiger partial charge in [0.2, 0.25) is 11.0 Å². The Bertz CT molecular complexity index is 1050. The summed E-state index contributed by atoms with van der Waals surface area (Å²) in [5, 5.41) is 12.3. The van der Waals surface area contributed by atoms with Gasteiger partial charge < -0.3 is 4.90 Å². The van der Waals surface area contributed by atoms with E-state index in [-0.39, 0.29) is 17.7 Å². The van der Waals surface area contributed by atoms with Crippen LogP contribution in [0.15, 0.2) is 48.5 Å². The topological polar surface area (TPSA) is 75.2 Å². The Balaban J connectivity index is 1.47. The molecule has 4 rings (SSSR count). The van der Waals surface area contributed by atoms with Crippen molar-refractivity contribution in [1.82, 2.24) is 10.2 Å². The molecule has 1 aromatic heterocycles. The van der Waals surface area contributed by atoms with E-state index >= 15 is 0 Å². The van der Waals surface area contributed by atoms with Crippen molar-refractivity contribution in [3.8, 4) is 0 Å². The number of halogens is 1. The Morgan fingerprint density at radius 2 is 2.04 bits per heavy atom. The molecule has 0 radical (unpaired) electrons. The summed E-state index contributed by atoms with van der Waals surface area (Å²) in [6.45, 7) is 2.58. The number of rotatable bonds is 4. The molecular weight excluding hydrogens is 487 g/mol. The lowest BCUT2D eigenvalue weighted by molar-refractivity contribution is -0.117. The highest BCUT2D eigenvalue weighted by Crippen LogP contribution is 2.34. The molecule has 28 heavy (non-hydrogen) atoms. The Morgan fingerprint density at radius 1 is 1.21 bits per heavy atom. The van der Waals surface area contributed by atoms with Crippen LogP contribution >= 0.6 is 33.9 Å². The fourth-order valence-electron chi connectivity index (χ4n) is 3.18. The molecule has 1 unspecified atom stereocenters. The van der Waals surface area contributed by atoms with Gasteiger partial charge in [-0.1, -0.05) is 35.6 Å². The third-order valence-corrected chi connectivity index (χ3v) is 6.51. The van der Waals surface area contributed by atoms with Crippen LogP contribution in [0, 0.1) is 10.5 Å². The molecule has 1 atom stereocenters. The van der Waals surface area contributed by atoms with Crippen LogP contribution in [-0.4, -0.2) is 28.6 Å². The Morgan fingerprint density at radius 3 is 2.82 bits per heavy atom. The lowest BCUT2D eigenvalue weighted by atomic mass is 10.1. The SMILES string of the molecule is Cc1cccc(N2CC(c3nnc(NC(=O)c4ccccc4I)s3)CC2=O)c1. The molecule has 0 saturated carbocycles. The van der Waals surface area contributed by atoms with Crippen molar-refractivity contribution in [1.29, 1.82) is 0 Å². The number of aryl methyl sites for hydroxylation is 1. The summed E-state index contributed by atoms with van der Waals surface area (Å²) in [5.74, 6) is -0.153. The number of benzene rings is 2. The molecule has 2 aromatic carbocycles. The van der Waals surface area contributed by atoms with Gasteiger partial charge in [-0.15, -0.1) is 10.2 Å². The first kappa shape index (κ1) is 19.0. The number of hydrogen-bond acceptors (Lipinski definition) is 5. The maximum absolute atomic E-state index is 12.5. The van der Waals surface area contributed by atoms with Gasteiger partial charge in [0.1, 0.15) is 5.01 Å². The Hall–Kier alpha value is -2.33. The van der Waals surface area contributed by atoms with E-state index in [2.05, 4.69) is 38.1 Å². The van der Waals surface area contributed by atoms with Gasteiger partial charge in [0.05, 0.1) is 5.56 Å². The van der Waals surface area contributed by atoms with Crippen LogP contribution in [0.25, 0.3) is 0 Å². The number of hydrogen-bond donors (Lipinski definition) is 1. The summed E-state index contributed by atoms with van der Waals surface area (Å²) in [7, 11) is 0. The van der Waals surface area contributed by atoms with Gasteiger partial charge in [-0.05, 0) is 59.3 Å². The maximum atomic E-state index is 12.5.